The zero-order valence-electron chi connectivity index (χ0n) is 12.9. The SMILES string of the molecule is Cc1ccc(O)c(NC(=O)C(=O)N2CCCc3ccccc32)c1. The molecule has 0 saturated carbocycles. The van der Waals surface area contributed by atoms with E-state index >= 15 is 0 Å². The molecule has 0 unspecified atom stereocenters. The van der Waals surface area contributed by atoms with Gasteiger partial charge in [0.15, 0.2) is 0 Å². The van der Waals surface area contributed by atoms with Crippen LogP contribution in [-0.2, 0) is 16.0 Å². The molecule has 1 aliphatic heterocycles. The second-order valence-corrected chi connectivity index (χ2v) is 5.66. The van der Waals surface area contributed by atoms with Crippen molar-refractivity contribution in [3.8, 4) is 5.75 Å². The van der Waals surface area contributed by atoms with E-state index in [0.29, 0.717) is 6.54 Å². The van der Waals surface area contributed by atoms with Crippen molar-refractivity contribution < 1.29 is 14.7 Å². The standard InChI is InChI=1S/C18H18N2O3/c1-12-8-9-16(21)14(11-12)19-17(22)18(23)20-10-4-6-13-5-2-3-7-15(13)20/h2-3,5,7-9,11,21H,4,6,10H2,1H3,(H,19,22). The van der Waals surface area contributed by atoms with Gasteiger partial charge in [0.2, 0.25) is 0 Å². The quantitative estimate of drug-likeness (QED) is 0.628. The number of hydrogen-bond donors (Lipinski definition) is 2. The van der Waals surface area contributed by atoms with Crippen LogP contribution in [0.25, 0.3) is 0 Å². The van der Waals surface area contributed by atoms with E-state index < -0.39 is 11.8 Å². The molecule has 0 radical (unpaired) electrons. The highest BCUT2D eigenvalue weighted by Crippen LogP contribution is 2.28. The fraction of sp³-hybridized carbons (Fsp3) is 0.222. The third-order valence-corrected chi connectivity index (χ3v) is 3.95. The summed E-state index contributed by atoms with van der Waals surface area (Å²) >= 11 is 0. The first kappa shape index (κ1) is 15.1. The topological polar surface area (TPSA) is 69.6 Å². The van der Waals surface area contributed by atoms with Crippen LogP contribution in [-0.4, -0.2) is 23.5 Å². The number of nitrogens with one attached hydrogen (secondary N) is 1. The Kier molecular flexibility index (Phi) is 4.02. The maximum Gasteiger partial charge on any atom is 0.316 e. The number of carbonyl (C=O) groups is 2. The molecule has 2 aromatic rings. The highest BCUT2D eigenvalue weighted by Gasteiger charge is 2.27. The number of rotatable bonds is 1. The molecule has 1 heterocycles. The third kappa shape index (κ3) is 3.04. The van der Waals surface area contributed by atoms with Gasteiger partial charge in [-0.3, -0.25) is 9.59 Å². The molecule has 0 fully saturated rings. The number of phenolic OH excluding ortho intramolecular Hbond substituents is 1. The molecule has 2 aromatic carbocycles. The molecule has 0 bridgehead atoms. The summed E-state index contributed by atoms with van der Waals surface area (Å²) in [7, 11) is 0. The zero-order chi connectivity index (χ0) is 16.4. The van der Waals surface area contributed by atoms with Gasteiger partial charge in [-0.15, -0.1) is 0 Å². The number of aryl methyl sites for hydroxylation is 2. The first-order valence-corrected chi connectivity index (χ1v) is 7.56. The van der Waals surface area contributed by atoms with Crippen molar-refractivity contribution >= 4 is 23.2 Å². The van der Waals surface area contributed by atoms with Gasteiger partial charge in [0.25, 0.3) is 0 Å². The Morgan fingerprint density at radius 3 is 2.78 bits per heavy atom. The lowest BCUT2D eigenvalue weighted by molar-refractivity contribution is -0.134. The van der Waals surface area contributed by atoms with Crippen LogP contribution in [0.4, 0.5) is 11.4 Å². The maximum absolute atomic E-state index is 12.5. The Morgan fingerprint density at radius 2 is 1.96 bits per heavy atom. The summed E-state index contributed by atoms with van der Waals surface area (Å²) in [6.45, 7) is 2.36. The number of benzene rings is 2. The lowest BCUT2D eigenvalue weighted by Gasteiger charge is -2.28. The Hall–Kier alpha value is -2.82. The first-order valence-electron chi connectivity index (χ1n) is 7.56. The number of carbonyl (C=O) groups excluding carboxylic acids is 2. The van der Waals surface area contributed by atoms with Crippen molar-refractivity contribution in [2.45, 2.75) is 19.8 Å². The van der Waals surface area contributed by atoms with Crippen LogP contribution < -0.4 is 10.2 Å². The molecule has 0 aliphatic carbocycles. The molecular formula is C18H18N2O3. The molecular weight excluding hydrogens is 292 g/mol. The van der Waals surface area contributed by atoms with Crippen LogP contribution >= 0.6 is 0 Å². The smallest absolute Gasteiger partial charge is 0.316 e. The second kappa shape index (κ2) is 6.12. The van der Waals surface area contributed by atoms with Crippen molar-refractivity contribution in [3.05, 3.63) is 53.6 Å². The molecule has 0 saturated heterocycles. The summed E-state index contributed by atoms with van der Waals surface area (Å²) in [5.74, 6) is -1.42. The van der Waals surface area contributed by atoms with Crippen molar-refractivity contribution in [1.29, 1.82) is 0 Å². The van der Waals surface area contributed by atoms with Gasteiger partial charge in [0.05, 0.1) is 5.69 Å². The summed E-state index contributed by atoms with van der Waals surface area (Å²) < 4.78 is 0. The van der Waals surface area contributed by atoms with Crippen molar-refractivity contribution in [2.24, 2.45) is 0 Å². The van der Waals surface area contributed by atoms with Gasteiger partial charge >= 0.3 is 11.8 Å². The molecule has 0 atom stereocenters. The summed E-state index contributed by atoms with van der Waals surface area (Å²) in [5.41, 5.74) is 2.98. The normalized spacial score (nSPS) is 13.3. The summed E-state index contributed by atoms with van der Waals surface area (Å²) in [4.78, 5) is 26.3. The van der Waals surface area contributed by atoms with Crippen LogP contribution in [0.1, 0.15) is 17.5 Å². The highest BCUT2D eigenvalue weighted by atomic mass is 16.3. The Bertz CT molecular complexity index is 771. The van der Waals surface area contributed by atoms with E-state index in [1.807, 2.05) is 31.2 Å². The van der Waals surface area contributed by atoms with Gasteiger partial charge < -0.3 is 15.3 Å². The fourth-order valence-electron chi connectivity index (χ4n) is 2.79. The first-order chi connectivity index (χ1) is 11.1. The lowest BCUT2D eigenvalue weighted by Crippen LogP contribution is -2.42. The van der Waals surface area contributed by atoms with E-state index in [-0.39, 0.29) is 11.4 Å². The molecule has 118 valence electrons. The number of nitrogens with zero attached hydrogens (tertiary/aromatic N) is 1. The minimum absolute atomic E-state index is 0.0594. The molecule has 5 nitrogen and oxygen atoms in total. The Morgan fingerprint density at radius 1 is 1.17 bits per heavy atom. The third-order valence-electron chi connectivity index (χ3n) is 3.95. The van der Waals surface area contributed by atoms with Gasteiger partial charge in [-0.25, -0.2) is 0 Å². The highest BCUT2D eigenvalue weighted by molar-refractivity contribution is 6.44. The van der Waals surface area contributed by atoms with Gasteiger partial charge in [-0.05, 0) is 49.1 Å². The van der Waals surface area contributed by atoms with E-state index in [1.54, 1.807) is 12.1 Å². The van der Waals surface area contributed by atoms with Gasteiger partial charge in [-0.1, -0.05) is 24.3 Å². The average Bonchev–Trinajstić information content (AvgIpc) is 2.57. The number of hydrogen-bond acceptors (Lipinski definition) is 3. The monoisotopic (exact) mass is 310 g/mol. The number of amides is 2. The van der Waals surface area contributed by atoms with Crippen molar-refractivity contribution in [3.63, 3.8) is 0 Å². The lowest BCUT2D eigenvalue weighted by atomic mass is 10.0. The maximum atomic E-state index is 12.5. The van der Waals surface area contributed by atoms with E-state index in [4.69, 9.17) is 0 Å². The number of anilines is 2. The van der Waals surface area contributed by atoms with Crippen molar-refractivity contribution in [1.82, 2.24) is 0 Å². The number of phenols is 1. The summed E-state index contributed by atoms with van der Waals surface area (Å²) in [6, 6.07) is 12.5. The van der Waals surface area contributed by atoms with E-state index in [2.05, 4.69) is 5.32 Å². The van der Waals surface area contributed by atoms with Gasteiger partial charge in [0.1, 0.15) is 5.75 Å². The number of fused-ring (bicyclic) bond motifs is 1. The average molecular weight is 310 g/mol. The van der Waals surface area contributed by atoms with Crippen LogP contribution in [0, 0.1) is 6.92 Å². The summed E-state index contributed by atoms with van der Waals surface area (Å²) in [6.07, 6.45) is 1.73. The Labute approximate surface area is 134 Å². The largest absolute Gasteiger partial charge is 0.506 e. The number of para-hydroxylation sites is 1. The van der Waals surface area contributed by atoms with Crippen LogP contribution in [0.15, 0.2) is 42.5 Å². The summed E-state index contributed by atoms with van der Waals surface area (Å²) in [5, 5.41) is 12.3. The zero-order valence-corrected chi connectivity index (χ0v) is 12.9. The molecule has 2 amide bonds. The fourth-order valence-corrected chi connectivity index (χ4v) is 2.79. The van der Waals surface area contributed by atoms with Gasteiger partial charge in [-0.2, -0.15) is 0 Å². The van der Waals surface area contributed by atoms with Crippen molar-refractivity contribution in [2.75, 3.05) is 16.8 Å². The van der Waals surface area contributed by atoms with E-state index in [9.17, 15) is 14.7 Å². The van der Waals surface area contributed by atoms with E-state index in [1.165, 1.54) is 11.0 Å². The van der Waals surface area contributed by atoms with Crippen LogP contribution in [0.2, 0.25) is 0 Å². The molecule has 3 rings (SSSR count). The molecule has 5 heteroatoms. The molecule has 0 aromatic heterocycles. The molecule has 23 heavy (non-hydrogen) atoms. The minimum atomic E-state index is -0.748. The predicted molar refractivity (Wildman–Crippen MR) is 88.6 cm³/mol. The van der Waals surface area contributed by atoms with Crippen LogP contribution in [0.3, 0.4) is 0 Å². The number of aromatic hydroxyl groups is 1. The second-order valence-electron chi connectivity index (χ2n) is 5.66. The molecule has 1 aliphatic rings. The van der Waals surface area contributed by atoms with Crippen LogP contribution in [0.5, 0.6) is 5.75 Å². The van der Waals surface area contributed by atoms with Gasteiger partial charge in [0, 0.05) is 12.2 Å². The molecule has 0 spiro atoms. The predicted octanol–water partition coefficient (Wildman–Crippen LogP) is 2.62. The Balaban J connectivity index is 1.81. The van der Waals surface area contributed by atoms with E-state index in [0.717, 1.165) is 29.7 Å². The minimum Gasteiger partial charge on any atom is -0.506 e. The molecule has 2 N–H and O–H groups in total.